The van der Waals surface area contributed by atoms with Crippen molar-refractivity contribution in [1.29, 1.82) is 0 Å². The smallest absolute Gasteiger partial charge is 0.326 e. The van der Waals surface area contributed by atoms with Gasteiger partial charge in [0.1, 0.15) is 18.1 Å². The van der Waals surface area contributed by atoms with E-state index in [1.165, 1.54) is 16.7 Å². The molecule has 0 spiro atoms. The third kappa shape index (κ3) is 8.30. The van der Waals surface area contributed by atoms with Crippen molar-refractivity contribution >= 4 is 41.4 Å². The quantitative estimate of drug-likeness (QED) is 0.238. The number of nitrogens with zero attached hydrogens (tertiary/aromatic N) is 1. The van der Waals surface area contributed by atoms with Crippen LogP contribution in [0.3, 0.4) is 0 Å². The summed E-state index contributed by atoms with van der Waals surface area (Å²) >= 11 is 1.49. The zero-order valence-electron chi connectivity index (χ0n) is 18.7. The molecule has 12 heteroatoms. The van der Waals surface area contributed by atoms with E-state index in [2.05, 4.69) is 10.6 Å². The standard InChI is InChI=1S/C20H34N4O7S/c1-11(2)16(20(30)31)23-18(28)14-5-4-9-24(14)19(29)13(8-10-32-3)22-17(27)12(21)6-7-15(25)26/h11-14,16H,4-10,21H2,1-3H3,(H,22,27)(H,23,28)(H,25,26)(H,30,31). The van der Waals surface area contributed by atoms with Gasteiger partial charge in [-0.15, -0.1) is 0 Å². The molecule has 0 aromatic rings. The number of carbonyl (C=O) groups excluding carboxylic acids is 3. The molecule has 11 nitrogen and oxygen atoms in total. The second-order valence-corrected chi connectivity index (χ2v) is 9.13. The molecule has 0 bridgehead atoms. The van der Waals surface area contributed by atoms with Crippen LogP contribution in [0.4, 0.5) is 0 Å². The number of likely N-dealkylation sites (tertiary alicyclic amines) is 1. The topological polar surface area (TPSA) is 179 Å². The molecule has 6 N–H and O–H groups in total. The Morgan fingerprint density at radius 3 is 2.31 bits per heavy atom. The number of carbonyl (C=O) groups is 5. The van der Waals surface area contributed by atoms with E-state index in [9.17, 15) is 29.1 Å². The summed E-state index contributed by atoms with van der Waals surface area (Å²) < 4.78 is 0. The fraction of sp³-hybridized carbons (Fsp3) is 0.750. The van der Waals surface area contributed by atoms with Crippen molar-refractivity contribution in [2.45, 2.75) is 70.1 Å². The average molecular weight is 475 g/mol. The van der Waals surface area contributed by atoms with Gasteiger partial charge in [-0.2, -0.15) is 11.8 Å². The van der Waals surface area contributed by atoms with Crippen molar-refractivity contribution < 1.29 is 34.2 Å². The molecule has 1 rings (SSSR count). The van der Waals surface area contributed by atoms with Gasteiger partial charge in [-0.1, -0.05) is 13.8 Å². The Morgan fingerprint density at radius 2 is 1.78 bits per heavy atom. The molecule has 1 saturated heterocycles. The molecular weight excluding hydrogens is 440 g/mol. The van der Waals surface area contributed by atoms with Crippen molar-refractivity contribution in [3.63, 3.8) is 0 Å². The first kappa shape index (κ1) is 27.7. The molecule has 4 atom stereocenters. The first-order chi connectivity index (χ1) is 15.0. The molecule has 182 valence electrons. The summed E-state index contributed by atoms with van der Waals surface area (Å²) in [7, 11) is 0. The molecule has 3 amide bonds. The average Bonchev–Trinajstić information content (AvgIpc) is 3.21. The highest BCUT2D eigenvalue weighted by Gasteiger charge is 2.39. The molecular formula is C20H34N4O7S. The van der Waals surface area contributed by atoms with Crippen LogP contribution >= 0.6 is 11.8 Å². The maximum Gasteiger partial charge on any atom is 0.326 e. The molecule has 32 heavy (non-hydrogen) atoms. The van der Waals surface area contributed by atoms with Crippen LogP contribution in [0.1, 0.15) is 46.0 Å². The van der Waals surface area contributed by atoms with Gasteiger partial charge in [-0.3, -0.25) is 19.2 Å². The zero-order valence-corrected chi connectivity index (χ0v) is 19.5. The molecule has 1 aliphatic heterocycles. The van der Waals surface area contributed by atoms with Gasteiger partial charge in [-0.25, -0.2) is 4.79 Å². The predicted molar refractivity (Wildman–Crippen MR) is 119 cm³/mol. The maximum absolute atomic E-state index is 13.2. The first-order valence-electron chi connectivity index (χ1n) is 10.6. The van der Waals surface area contributed by atoms with E-state index in [-0.39, 0.29) is 18.8 Å². The number of nitrogens with two attached hydrogens (primary N) is 1. The molecule has 4 unspecified atom stereocenters. The highest BCUT2D eigenvalue weighted by molar-refractivity contribution is 7.98. The van der Waals surface area contributed by atoms with Gasteiger partial charge in [-0.05, 0) is 43.6 Å². The van der Waals surface area contributed by atoms with Gasteiger partial charge in [0.2, 0.25) is 17.7 Å². The normalized spacial score (nSPS) is 18.7. The number of thioether (sulfide) groups is 1. The number of nitrogens with one attached hydrogen (secondary N) is 2. The number of carboxylic acid groups (broad SMARTS) is 2. The maximum atomic E-state index is 13.2. The van der Waals surface area contributed by atoms with Crippen LogP contribution in [0, 0.1) is 5.92 Å². The fourth-order valence-electron chi connectivity index (χ4n) is 3.45. The number of rotatable bonds is 13. The van der Waals surface area contributed by atoms with Gasteiger partial charge in [0.25, 0.3) is 0 Å². The Morgan fingerprint density at radius 1 is 1.12 bits per heavy atom. The second-order valence-electron chi connectivity index (χ2n) is 8.14. The van der Waals surface area contributed by atoms with Crippen molar-refractivity contribution in [2.75, 3.05) is 18.6 Å². The van der Waals surface area contributed by atoms with Crippen LogP contribution in [-0.4, -0.2) is 87.5 Å². The van der Waals surface area contributed by atoms with Gasteiger partial charge >= 0.3 is 11.9 Å². The van der Waals surface area contributed by atoms with E-state index in [0.717, 1.165) is 0 Å². The monoisotopic (exact) mass is 474 g/mol. The second kappa shape index (κ2) is 13.3. The Kier molecular flexibility index (Phi) is 11.5. The predicted octanol–water partition coefficient (Wildman–Crippen LogP) is -0.367. The molecule has 0 aromatic heterocycles. The molecule has 1 aliphatic rings. The molecule has 1 heterocycles. The lowest BCUT2D eigenvalue weighted by atomic mass is 10.0. The molecule has 1 fully saturated rings. The molecule has 0 aromatic carbocycles. The number of aliphatic carboxylic acids is 2. The van der Waals surface area contributed by atoms with Crippen molar-refractivity contribution in [3.05, 3.63) is 0 Å². The highest BCUT2D eigenvalue weighted by Crippen LogP contribution is 2.20. The summed E-state index contributed by atoms with van der Waals surface area (Å²) in [6.07, 6.45) is 2.80. The molecule has 0 aliphatic carbocycles. The SMILES string of the molecule is CSCCC(NC(=O)C(N)CCC(=O)O)C(=O)N1CCCC1C(=O)NC(C(=O)O)C(C)C. The fourth-order valence-corrected chi connectivity index (χ4v) is 3.92. The van der Waals surface area contributed by atoms with Gasteiger partial charge in [0.15, 0.2) is 0 Å². The third-order valence-corrected chi connectivity index (χ3v) is 5.94. The van der Waals surface area contributed by atoms with Crippen LogP contribution in [0.2, 0.25) is 0 Å². The van der Waals surface area contributed by atoms with E-state index in [1.807, 2.05) is 6.26 Å². The molecule has 0 radical (unpaired) electrons. The summed E-state index contributed by atoms with van der Waals surface area (Å²) in [5.41, 5.74) is 5.76. The minimum Gasteiger partial charge on any atom is -0.481 e. The summed E-state index contributed by atoms with van der Waals surface area (Å²) in [5, 5.41) is 23.2. The van der Waals surface area contributed by atoms with E-state index in [4.69, 9.17) is 10.8 Å². The van der Waals surface area contributed by atoms with E-state index in [0.29, 0.717) is 31.6 Å². The Hall–Kier alpha value is -2.34. The number of carboxylic acids is 2. The van der Waals surface area contributed by atoms with Crippen LogP contribution in [0.15, 0.2) is 0 Å². The number of hydrogen-bond acceptors (Lipinski definition) is 7. The zero-order chi connectivity index (χ0) is 24.4. The van der Waals surface area contributed by atoms with Gasteiger partial charge in [0, 0.05) is 13.0 Å². The minimum absolute atomic E-state index is 0.0644. The molecule has 0 saturated carbocycles. The van der Waals surface area contributed by atoms with Crippen LogP contribution < -0.4 is 16.4 Å². The van der Waals surface area contributed by atoms with E-state index >= 15 is 0 Å². The largest absolute Gasteiger partial charge is 0.481 e. The lowest BCUT2D eigenvalue weighted by Crippen LogP contribution is -2.57. The first-order valence-corrected chi connectivity index (χ1v) is 12.0. The van der Waals surface area contributed by atoms with Crippen molar-refractivity contribution in [1.82, 2.24) is 15.5 Å². The summed E-state index contributed by atoms with van der Waals surface area (Å²) in [4.78, 5) is 61.9. The third-order valence-electron chi connectivity index (χ3n) is 5.30. The van der Waals surface area contributed by atoms with Crippen molar-refractivity contribution in [3.8, 4) is 0 Å². The number of hydrogen-bond donors (Lipinski definition) is 5. The Labute approximate surface area is 191 Å². The summed E-state index contributed by atoms with van der Waals surface area (Å²) in [6, 6.07) is -3.88. The van der Waals surface area contributed by atoms with E-state index < -0.39 is 53.8 Å². The van der Waals surface area contributed by atoms with Crippen LogP contribution in [-0.2, 0) is 24.0 Å². The van der Waals surface area contributed by atoms with Gasteiger partial charge in [0.05, 0.1) is 6.04 Å². The lowest BCUT2D eigenvalue weighted by Gasteiger charge is -2.30. The van der Waals surface area contributed by atoms with Crippen LogP contribution in [0.25, 0.3) is 0 Å². The van der Waals surface area contributed by atoms with E-state index in [1.54, 1.807) is 13.8 Å². The Balaban J connectivity index is 2.90. The number of amides is 3. The Bertz CT molecular complexity index is 703. The summed E-state index contributed by atoms with van der Waals surface area (Å²) in [6.45, 7) is 3.67. The van der Waals surface area contributed by atoms with Crippen LogP contribution in [0.5, 0.6) is 0 Å². The summed E-state index contributed by atoms with van der Waals surface area (Å²) in [5.74, 6) is -3.59. The minimum atomic E-state index is -1.15. The van der Waals surface area contributed by atoms with Crippen molar-refractivity contribution in [2.24, 2.45) is 11.7 Å². The highest BCUT2D eigenvalue weighted by atomic mass is 32.2. The van der Waals surface area contributed by atoms with Gasteiger partial charge < -0.3 is 31.5 Å². The lowest BCUT2D eigenvalue weighted by molar-refractivity contribution is -0.146.